The third kappa shape index (κ3) is 4.28. The summed E-state index contributed by atoms with van der Waals surface area (Å²) >= 11 is 1.68. The van der Waals surface area contributed by atoms with Crippen LogP contribution in [0.5, 0.6) is 0 Å². The van der Waals surface area contributed by atoms with Gasteiger partial charge in [-0.15, -0.1) is 11.3 Å². The minimum absolute atomic E-state index is 0.313. The van der Waals surface area contributed by atoms with Crippen LogP contribution in [0.2, 0.25) is 0 Å². The first-order valence-corrected chi connectivity index (χ1v) is 8.50. The van der Waals surface area contributed by atoms with E-state index in [1.807, 2.05) is 6.92 Å². The normalized spacial score (nSPS) is 18.4. The molecule has 2 rings (SSSR count). The molecule has 1 fully saturated rings. The Kier molecular flexibility index (Phi) is 5.98. The zero-order valence-electron chi connectivity index (χ0n) is 12.5. The van der Waals surface area contributed by atoms with Crippen molar-refractivity contribution in [2.45, 2.75) is 52.0 Å². The Hall–Kier alpha value is -0.940. The van der Waals surface area contributed by atoms with Gasteiger partial charge in [-0.25, -0.2) is 4.98 Å². The molecule has 0 bridgehead atoms. The van der Waals surface area contributed by atoms with Crippen molar-refractivity contribution in [2.75, 3.05) is 19.6 Å². The first-order chi connectivity index (χ1) is 9.70. The number of aromatic nitrogens is 1. The number of nitrogens with one attached hydrogen (secondary N) is 1. The van der Waals surface area contributed by atoms with Gasteiger partial charge in [0.25, 0.3) is 0 Å². The van der Waals surface area contributed by atoms with E-state index in [1.165, 1.54) is 0 Å². The van der Waals surface area contributed by atoms with Crippen LogP contribution in [0.1, 0.15) is 43.3 Å². The van der Waals surface area contributed by atoms with Crippen molar-refractivity contribution in [3.05, 3.63) is 16.1 Å². The van der Waals surface area contributed by atoms with Gasteiger partial charge in [-0.3, -0.25) is 4.79 Å². The van der Waals surface area contributed by atoms with E-state index in [1.54, 1.807) is 11.3 Å². The molecule has 2 heterocycles. The molecule has 1 aliphatic rings. The second kappa shape index (κ2) is 7.74. The molecule has 1 aromatic rings. The van der Waals surface area contributed by atoms with Gasteiger partial charge >= 0.3 is 0 Å². The highest BCUT2D eigenvalue weighted by atomic mass is 32.1. The molecule has 4 nitrogen and oxygen atoms in total. The molecule has 112 valence electrons. The van der Waals surface area contributed by atoms with Gasteiger partial charge in [-0.05, 0) is 39.2 Å². The zero-order valence-corrected chi connectivity index (χ0v) is 13.3. The summed E-state index contributed by atoms with van der Waals surface area (Å²) in [5.74, 6) is 0.313. The summed E-state index contributed by atoms with van der Waals surface area (Å²) in [6, 6.07) is 0.406. The fourth-order valence-corrected chi connectivity index (χ4v) is 3.39. The van der Waals surface area contributed by atoms with Gasteiger partial charge in [-0.1, -0.05) is 6.92 Å². The van der Waals surface area contributed by atoms with Crippen molar-refractivity contribution in [3.63, 3.8) is 0 Å². The first-order valence-electron chi connectivity index (χ1n) is 7.62. The van der Waals surface area contributed by atoms with Crippen molar-refractivity contribution in [3.8, 4) is 0 Å². The van der Waals surface area contributed by atoms with E-state index in [-0.39, 0.29) is 0 Å². The number of nitrogens with zero attached hydrogens (tertiary/aromatic N) is 2. The van der Waals surface area contributed by atoms with Gasteiger partial charge < -0.3 is 10.2 Å². The molecule has 1 atom stereocenters. The highest BCUT2D eigenvalue weighted by molar-refractivity contribution is 7.09. The molecule has 0 radical (unpaired) electrons. The lowest BCUT2D eigenvalue weighted by Gasteiger charge is -2.28. The minimum Gasteiger partial charge on any atom is -0.338 e. The SMILES string of the molecule is CCCN(C(=O)CCCc1csc(C)n1)C1CCNC1. The minimum atomic E-state index is 0.313. The number of aryl methyl sites for hydroxylation is 2. The van der Waals surface area contributed by atoms with Gasteiger partial charge in [0.2, 0.25) is 5.91 Å². The second-order valence-electron chi connectivity index (χ2n) is 5.45. The molecule has 1 aromatic heterocycles. The third-order valence-corrected chi connectivity index (χ3v) is 4.57. The van der Waals surface area contributed by atoms with Gasteiger partial charge in [0.1, 0.15) is 0 Å². The average Bonchev–Trinajstić information content (AvgIpc) is 3.07. The molecular weight excluding hydrogens is 270 g/mol. The summed E-state index contributed by atoms with van der Waals surface area (Å²) in [6.45, 7) is 7.05. The first kappa shape index (κ1) is 15.4. The van der Waals surface area contributed by atoms with Crippen LogP contribution in [-0.2, 0) is 11.2 Å². The standard InChI is InChI=1S/C15H25N3OS/c1-3-9-18(14-7-8-16-10-14)15(19)6-4-5-13-11-20-12(2)17-13/h11,14,16H,3-10H2,1-2H3. The molecule has 0 aliphatic carbocycles. The third-order valence-electron chi connectivity index (χ3n) is 3.75. The van der Waals surface area contributed by atoms with Crippen LogP contribution in [-0.4, -0.2) is 41.5 Å². The number of amides is 1. The summed E-state index contributed by atoms with van der Waals surface area (Å²) in [6.07, 6.45) is 4.60. The van der Waals surface area contributed by atoms with E-state index in [4.69, 9.17) is 0 Å². The number of carbonyl (C=O) groups is 1. The predicted octanol–water partition coefficient (Wildman–Crippen LogP) is 2.37. The Morgan fingerprint density at radius 2 is 2.45 bits per heavy atom. The molecule has 20 heavy (non-hydrogen) atoms. The fraction of sp³-hybridized carbons (Fsp3) is 0.733. The van der Waals surface area contributed by atoms with Crippen LogP contribution in [0.15, 0.2) is 5.38 Å². The van der Waals surface area contributed by atoms with Gasteiger partial charge in [0, 0.05) is 30.9 Å². The monoisotopic (exact) mass is 295 g/mol. The van der Waals surface area contributed by atoms with E-state index in [0.717, 1.165) is 56.0 Å². The Labute approximate surface area is 125 Å². The summed E-state index contributed by atoms with van der Waals surface area (Å²) in [4.78, 5) is 18.9. The number of thiazole rings is 1. The van der Waals surface area contributed by atoms with E-state index < -0.39 is 0 Å². The molecule has 5 heteroatoms. The molecule has 1 amide bonds. The largest absolute Gasteiger partial charge is 0.338 e. The van der Waals surface area contributed by atoms with Crippen LogP contribution in [0.3, 0.4) is 0 Å². The van der Waals surface area contributed by atoms with Crippen LogP contribution in [0, 0.1) is 6.92 Å². The summed E-state index contributed by atoms with van der Waals surface area (Å²) in [5, 5.41) is 6.56. The van der Waals surface area contributed by atoms with E-state index in [0.29, 0.717) is 18.4 Å². The van der Waals surface area contributed by atoms with Crippen LogP contribution >= 0.6 is 11.3 Å². The van der Waals surface area contributed by atoms with Gasteiger partial charge in [0.05, 0.1) is 10.7 Å². The maximum Gasteiger partial charge on any atom is 0.222 e. The van der Waals surface area contributed by atoms with Crippen molar-refractivity contribution in [2.24, 2.45) is 0 Å². The lowest BCUT2D eigenvalue weighted by Crippen LogP contribution is -2.42. The van der Waals surface area contributed by atoms with Crippen molar-refractivity contribution >= 4 is 17.2 Å². The zero-order chi connectivity index (χ0) is 14.4. The van der Waals surface area contributed by atoms with Crippen molar-refractivity contribution in [1.82, 2.24) is 15.2 Å². The lowest BCUT2D eigenvalue weighted by molar-refractivity contribution is -0.133. The summed E-state index contributed by atoms with van der Waals surface area (Å²) in [7, 11) is 0. The number of carbonyl (C=O) groups excluding carboxylic acids is 1. The fourth-order valence-electron chi connectivity index (χ4n) is 2.74. The maximum atomic E-state index is 12.4. The predicted molar refractivity (Wildman–Crippen MR) is 83.1 cm³/mol. The quantitative estimate of drug-likeness (QED) is 0.840. The van der Waals surface area contributed by atoms with E-state index >= 15 is 0 Å². The van der Waals surface area contributed by atoms with Crippen LogP contribution in [0.4, 0.5) is 0 Å². The van der Waals surface area contributed by atoms with Gasteiger partial charge in [0.15, 0.2) is 0 Å². The van der Waals surface area contributed by atoms with E-state index in [9.17, 15) is 4.79 Å². The average molecular weight is 295 g/mol. The molecule has 1 N–H and O–H groups in total. The Morgan fingerprint density at radius 3 is 3.05 bits per heavy atom. The van der Waals surface area contributed by atoms with Gasteiger partial charge in [-0.2, -0.15) is 0 Å². The molecule has 0 spiro atoms. The Bertz CT molecular complexity index is 427. The molecule has 0 saturated carbocycles. The molecule has 0 aromatic carbocycles. The molecule has 1 saturated heterocycles. The second-order valence-corrected chi connectivity index (χ2v) is 6.51. The van der Waals surface area contributed by atoms with Crippen LogP contribution < -0.4 is 5.32 Å². The smallest absolute Gasteiger partial charge is 0.222 e. The number of hydrogen-bond donors (Lipinski definition) is 1. The Balaban J connectivity index is 1.78. The summed E-state index contributed by atoms with van der Waals surface area (Å²) in [5.41, 5.74) is 1.13. The maximum absolute atomic E-state index is 12.4. The number of hydrogen-bond acceptors (Lipinski definition) is 4. The highest BCUT2D eigenvalue weighted by Gasteiger charge is 2.25. The van der Waals surface area contributed by atoms with E-state index in [2.05, 4.69) is 27.5 Å². The topological polar surface area (TPSA) is 45.2 Å². The molecular formula is C15H25N3OS. The molecule has 1 aliphatic heterocycles. The van der Waals surface area contributed by atoms with Crippen LogP contribution in [0.25, 0.3) is 0 Å². The van der Waals surface area contributed by atoms with Crippen molar-refractivity contribution in [1.29, 1.82) is 0 Å². The molecule has 1 unspecified atom stereocenters. The summed E-state index contributed by atoms with van der Waals surface area (Å²) < 4.78 is 0. The highest BCUT2D eigenvalue weighted by Crippen LogP contribution is 2.14. The number of rotatable bonds is 7. The Morgan fingerprint density at radius 1 is 1.60 bits per heavy atom. The lowest BCUT2D eigenvalue weighted by atomic mass is 10.1. The van der Waals surface area contributed by atoms with Crippen molar-refractivity contribution < 1.29 is 4.79 Å².